The molecule has 0 fully saturated rings. The van der Waals surface area contributed by atoms with Crippen LogP contribution < -0.4 is 10.5 Å². The lowest BCUT2D eigenvalue weighted by molar-refractivity contribution is -0.138. The third-order valence-electron chi connectivity index (χ3n) is 3.39. The number of hydrogen-bond acceptors (Lipinski definition) is 4. The number of aryl methyl sites for hydroxylation is 1. The quantitative estimate of drug-likeness (QED) is 0.842. The van der Waals surface area contributed by atoms with Gasteiger partial charge < -0.3 is 20.1 Å². The van der Waals surface area contributed by atoms with Gasteiger partial charge >= 0.3 is 5.97 Å². The molecule has 0 radical (unpaired) electrons. The van der Waals surface area contributed by atoms with Crippen LogP contribution >= 0.6 is 0 Å². The van der Waals surface area contributed by atoms with Gasteiger partial charge in [-0.1, -0.05) is 13.0 Å². The number of imidazole rings is 1. The normalized spacial score (nSPS) is 12.1. The average molecular weight is 289 g/mol. The lowest BCUT2D eigenvalue weighted by Crippen LogP contribution is -2.21. The van der Waals surface area contributed by atoms with Crippen LogP contribution in [-0.2, 0) is 17.8 Å². The van der Waals surface area contributed by atoms with Gasteiger partial charge in [0.25, 0.3) is 0 Å². The first kappa shape index (κ1) is 15.1. The van der Waals surface area contributed by atoms with Crippen molar-refractivity contribution >= 4 is 5.97 Å². The summed E-state index contributed by atoms with van der Waals surface area (Å²) in [4.78, 5) is 15.3. The molecule has 21 heavy (non-hydrogen) atoms. The van der Waals surface area contributed by atoms with E-state index in [2.05, 4.69) is 4.98 Å². The zero-order chi connectivity index (χ0) is 15.4. The Morgan fingerprint density at radius 1 is 1.52 bits per heavy atom. The summed E-state index contributed by atoms with van der Waals surface area (Å²) in [5, 5.41) is 9.02. The molecule has 2 aromatic rings. The number of ether oxygens (including phenoxy) is 1. The van der Waals surface area contributed by atoms with Gasteiger partial charge in [-0.2, -0.15) is 0 Å². The van der Waals surface area contributed by atoms with Gasteiger partial charge in [0.15, 0.2) is 0 Å². The highest BCUT2D eigenvalue weighted by atomic mass is 16.5. The van der Waals surface area contributed by atoms with E-state index in [4.69, 9.17) is 15.6 Å². The summed E-state index contributed by atoms with van der Waals surface area (Å²) in [6.45, 7) is 2.60. The molecule has 2 rings (SSSR count). The van der Waals surface area contributed by atoms with E-state index in [0.717, 1.165) is 17.8 Å². The Morgan fingerprint density at radius 2 is 2.29 bits per heavy atom. The molecule has 6 heteroatoms. The highest BCUT2D eigenvalue weighted by molar-refractivity contribution is 5.75. The number of carbonyl (C=O) groups is 1. The summed E-state index contributed by atoms with van der Waals surface area (Å²) in [5.41, 5.74) is 7.09. The fourth-order valence-electron chi connectivity index (χ4n) is 2.24. The zero-order valence-electron chi connectivity index (χ0n) is 12.1. The second kappa shape index (κ2) is 6.41. The van der Waals surface area contributed by atoms with Crippen molar-refractivity contribution in [1.82, 2.24) is 9.55 Å². The monoisotopic (exact) mass is 289 g/mol. The molecule has 0 aliphatic heterocycles. The molecule has 1 atom stereocenters. The number of benzene rings is 1. The van der Waals surface area contributed by atoms with E-state index in [0.29, 0.717) is 17.9 Å². The van der Waals surface area contributed by atoms with E-state index in [1.807, 2.05) is 17.7 Å². The molecule has 3 N–H and O–H groups in total. The standard InChI is InChI=1S/C15H19N3O3/c1-3-13-17-6-7-18(13)9-11-8-10(14(16)15(19)20)4-5-12(11)21-2/h4-8,14H,3,9,16H2,1-2H3,(H,19,20)/t14-/m0/s1. The van der Waals surface area contributed by atoms with E-state index in [1.165, 1.54) is 0 Å². The van der Waals surface area contributed by atoms with Crippen LogP contribution in [0.4, 0.5) is 0 Å². The first-order valence-electron chi connectivity index (χ1n) is 6.72. The number of aromatic nitrogens is 2. The molecule has 6 nitrogen and oxygen atoms in total. The second-order valence-corrected chi connectivity index (χ2v) is 4.71. The summed E-state index contributed by atoms with van der Waals surface area (Å²) in [6, 6.07) is 4.16. The zero-order valence-corrected chi connectivity index (χ0v) is 12.1. The minimum Gasteiger partial charge on any atom is -0.496 e. The van der Waals surface area contributed by atoms with Gasteiger partial charge in [-0.25, -0.2) is 4.98 Å². The molecular weight excluding hydrogens is 270 g/mol. The van der Waals surface area contributed by atoms with Gasteiger partial charge in [-0.05, 0) is 17.7 Å². The Kier molecular flexibility index (Phi) is 4.59. The van der Waals surface area contributed by atoms with Gasteiger partial charge in [0.2, 0.25) is 0 Å². The smallest absolute Gasteiger partial charge is 0.325 e. The van der Waals surface area contributed by atoms with Gasteiger partial charge in [-0.3, -0.25) is 4.79 Å². The molecule has 1 heterocycles. The SMILES string of the molecule is CCc1nccn1Cc1cc([C@H](N)C(=O)O)ccc1OC. The summed E-state index contributed by atoms with van der Waals surface area (Å²) in [6.07, 6.45) is 4.46. The van der Waals surface area contributed by atoms with Gasteiger partial charge in [0.1, 0.15) is 17.6 Å². The molecule has 0 aliphatic rings. The molecule has 0 unspecified atom stereocenters. The molecule has 0 saturated heterocycles. The number of rotatable bonds is 6. The fourth-order valence-corrected chi connectivity index (χ4v) is 2.24. The Morgan fingerprint density at radius 3 is 2.90 bits per heavy atom. The third kappa shape index (κ3) is 3.22. The number of aliphatic carboxylic acids is 1. The van der Waals surface area contributed by atoms with Crippen LogP contribution in [0.1, 0.15) is 29.9 Å². The minimum absolute atomic E-state index is 0.552. The lowest BCUT2D eigenvalue weighted by atomic mass is 10.0. The van der Waals surface area contributed by atoms with Crippen molar-refractivity contribution < 1.29 is 14.6 Å². The van der Waals surface area contributed by atoms with E-state index < -0.39 is 12.0 Å². The van der Waals surface area contributed by atoms with Crippen molar-refractivity contribution in [2.75, 3.05) is 7.11 Å². The van der Waals surface area contributed by atoms with Gasteiger partial charge in [0.05, 0.1) is 13.7 Å². The third-order valence-corrected chi connectivity index (χ3v) is 3.39. The summed E-state index contributed by atoms with van der Waals surface area (Å²) in [7, 11) is 1.59. The molecule has 0 spiro atoms. The van der Waals surface area contributed by atoms with Crippen LogP contribution in [0.25, 0.3) is 0 Å². The molecule has 0 bridgehead atoms. The van der Waals surface area contributed by atoms with Crippen molar-refractivity contribution in [2.24, 2.45) is 5.73 Å². The number of carboxylic acids is 1. The summed E-state index contributed by atoms with van der Waals surface area (Å²) < 4.78 is 7.35. The predicted molar refractivity (Wildman–Crippen MR) is 78.3 cm³/mol. The summed E-state index contributed by atoms with van der Waals surface area (Å²) >= 11 is 0. The number of nitrogens with two attached hydrogens (primary N) is 1. The van der Waals surface area contributed by atoms with Crippen molar-refractivity contribution in [3.05, 3.63) is 47.5 Å². The van der Waals surface area contributed by atoms with E-state index >= 15 is 0 Å². The number of methoxy groups -OCH3 is 1. The van der Waals surface area contributed by atoms with Crippen molar-refractivity contribution in [3.63, 3.8) is 0 Å². The molecule has 0 saturated carbocycles. The highest BCUT2D eigenvalue weighted by Crippen LogP contribution is 2.24. The average Bonchev–Trinajstić information content (AvgIpc) is 2.93. The van der Waals surface area contributed by atoms with Crippen LogP contribution in [0.2, 0.25) is 0 Å². The molecule has 0 aliphatic carbocycles. The van der Waals surface area contributed by atoms with Crippen LogP contribution in [0, 0.1) is 0 Å². The Balaban J connectivity index is 2.36. The maximum Gasteiger partial charge on any atom is 0.325 e. The van der Waals surface area contributed by atoms with Crippen LogP contribution in [0.5, 0.6) is 5.75 Å². The maximum atomic E-state index is 11.0. The van der Waals surface area contributed by atoms with Crippen LogP contribution in [-0.4, -0.2) is 27.7 Å². The highest BCUT2D eigenvalue weighted by Gasteiger charge is 2.16. The number of nitrogens with zero attached hydrogens (tertiary/aromatic N) is 2. The van der Waals surface area contributed by atoms with Gasteiger partial charge in [0, 0.05) is 24.4 Å². The van der Waals surface area contributed by atoms with E-state index in [9.17, 15) is 4.79 Å². The Hall–Kier alpha value is -2.34. The predicted octanol–water partition coefficient (Wildman–Crippen LogP) is 1.59. The maximum absolute atomic E-state index is 11.0. The summed E-state index contributed by atoms with van der Waals surface area (Å²) in [5.74, 6) is 0.611. The topological polar surface area (TPSA) is 90.4 Å². The number of carboxylic acid groups (broad SMARTS) is 1. The first-order valence-corrected chi connectivity index (χ1v) is 6.72. The fraction of sp³-hybridized carbons (Fsp3) is 0.333. The Bertz CT molecular complexity index is 637. The molecule has 0 amide bonds. The van der Waals surface area contributed by atoms with Crippen LogP contribution in [0.3, 0.4) is 0 Å². The van der Waals surface area contributed by atoms with Crippen molar-refractivity contribution in [2.45, 2.75) is 25.9 Å². The first-order chi connectivity index (χ1) is 10.1. The van der Waals surface area contributed by atoms with E-state index in [-0.39, 0.29) is 0 Å². The van der Waals surface area contributed by atoms with Crippen molar-refractivity contribution in [3.8, 4) is 5.75 Å². The molecule has 1 aromatic heterocycles. The number of hydrogen-bond donors (Lipinski definition) is 2. The Labute approximate surface area is 123 Å². The second-order valence-electron chi connectivity index (χ2n) is 4.71. The van der Waals surface area contributed by atoms with Crippen LogP contribution in [0.15, 0.2) is 30.6 Å². The molecule has 1 aromatic carbocycles. The lowest BCUT2D eigenvalue weighted by Gasteiger charge is -2.14. The van der Waals surface area contributed by atoms with Crippen molar-refractivity contribution in [1.29, 1.82) is 0 Å². The minimum atomic E-state index is -1.05. The van der Waals surface area contributed by atoms with E-state index in [1.54, 1.807) is 31.5 Å². The molecular formula is C15H19N3O3. The van der Waals surface area contributed by atoms with Gasteiger partial charge in [-0.15, -0.1) is 0 Å². The largest absolute Gasteiger partial charge is 0.496 e. The molecule has 112 valence electrons.